The number of amides is 2. The third kappa shape index (κ3) is 8.88. The van der Waals surface area contributed by atoms with Crippen LogP contribution < -0.4 is 10.6 Å². The van der Waals surface area contributed by atoms with Crippen molar-refractivity contribution in [1.82, 2.24) is 10.6 Å². The third-order valence-corrected chi connectivity index (χ3v) is 3.72. The molecule has 0 fully saturated rings. The van der Waals surface area contributed by atoms with E-state index in [0.29, 0.717) is 12.8 Å². The van der Waals surface area contributed by atoms with Gasteiger partial charge in [0.05, 0.1) is 5.92 Å². The minimum absolute atomic E-state index is 0.0781. The Balaban J connectivity index is 2.38. The Morgan fingerprint density at radius 1 is 1.12 bits per heavy atom. The van der Waals surface area contributed by atoms with E-state index >= 15 is 0 Å². The lowest BCUT2D eigenvalue weighted by molar-refractivity contribution is -0.141. The highest BCUT2D eigenvalue weighted by molar-refractivity contribution is 5.79. The van der Waals surface area contributed by atoms with Gasteiger partial charge in [-0.05, 0) is 39.2 Å². The summed E-state index contributed by atoms with van der Waals surface area (Å²) in [5.74, 6) is -1.91. The van der Waals surface area contributed by atoms with E-state index < -0.39 is 11.9 Å². The lowest BCUT2D eigenvalue weighted by Gasteiger charge is -2.14. The highest BCUT2D eigenvalue weighted by Crippen LogP contribution is 2.11. The van der Waals surface area contributed by atoms with Gasteiger partial charge in [0.25, 0.3) is 0 Å². The molecule has 1 atom stereocenters. The maximum Gasteiger partial charge on any atom is 0.308 e. The monoisotopic (exact) mass is 348 g/mol. The molecular weight excluding hydrogens is 320 g/mol. The molecular formula is C19H28N2O4. The molecule has 0 radical (unpaired) electrons. The van der Waals surface area contributed by atoms with Crippen LogP contribution in [0.4, 0.5) is 0 Å². The number of carboxylic acid groups (broad SMARTS) is 1. The van der Waals surface area contributed by atoms with Crippen LogP contribution in [0.25, 0.3) is 0 Å². The molecule has 2 amide bonds. The summed E-state index contributed by atoms with van der Waals surface area (Å²) in [4.78, 5) is 34.7. The van der Waals surface area contributed by atoms with Crippen molar-refractivity contribution in [2.75, 3.05) is 6.54 Å². The van der Waals surface area contributed by atoms with Gasteiger partial charge < -0.3 is 15.7 Å². The molecule has 1 aromatic carbocycles. The summed E-state index contributed by atoms with van der Waals surface area (Å²) < 4.78 is 0. The van der Waals surface area contributed by atoms with E-state index in [-0.39, 0.29) is 37.2 Å². The first-order valence-corrected chi connectivity index (χ1v) is 8.62. The number of carboxylic acids is 1. The third-order valence-electron chi connectivity index (χ3n) is 3.72. The van der Waals surface area contributed by atoms with Crippen molar-refractivity contribution in [1.29, 1.82) is 0 Å². The predicted molar refractivity (Wildman–Crippen MR) is 96.1 cm³/mol. The number of aryl methyl sites for hydroxylation is 1. The quantitative estimate of drug-likeness (QED) is 0.603. The zero-order valence-electron chi connectivity index (χ0n) is 15.2. The van der Waals surface area contributed by atoms with Crippen LogP contribution in [0.15, 0.2) is 24.3 Å². The molecule has 6 nitrogen and oxygen atoms in total. The Labute approximate surface area is 149 Å². The van der Waals surface area contributed by atoms with Crippen molar-refractivity contribution in [3.63, 3.8) is 0 Å². The molecule has 3 N–H and O–H groups in total. The summed E-state index contributed by atoms with van der Waals surface area (Å²) in [6.45, 7) is 5.80. The van der Waals surface area contributed by atoms with Crippen molar-refractivity contribution < 1.29 is 19.5 Å². The molecule has 0 aliphatic carbocycles. The van der Waals surface area contributed by atoms with E-state index in [1.165, 1.54) is 0 Å². The van der Waals surface area contributed by atoms with E-state index in [1.54, 1.807) is 0 Å². The fraction of sp³-hybridized carbons (Fsp3) is 0.526. The van der Waals surface area contributed by atoms with E-state index in [4.69, 9.17) is 0 Å². The number of benzene rings is 1. The molecule has 0 aromatic heterocycles. The van der Waals surface area contributed by atoms with Gasteiger partial charge in [0.1, 0.15) is 0 Å². The van der Waals surface area contributed by atoms with Gasteiger partial charge in [0.15, 0.2) is 0 Å². The van der Waals surface area contributed by atoms with Crippen LogP contribution in [0, 0.1) is 12.8 Å². The molecule has 0 heterocycles. The van der Waals surface area contributed by atoms with Crippen LogP contribution in [0.2, 0.25) is 0 Å². The average Bonchev–Trinajstić information content (AvgIpc) is 2.50. The molecule has 25 heavy (non-hydrogen) atoms. The predicted octanol–water partition coefficient (Wildman–Crippen LogP) is 2.05. The molecule has 6 heteroatoms. The van der Waals surface area contributed by atoms with Crippen LogP contribution in [0.1, 0.15) is 44.2 Å². The summed E-state index contributed by atoms with van der Waals surface area (Å²) in [5, 5.41) is 14.8. The number of hydrogen-bond donors (Lipinski definition) is 3. The SMILES string of the molecule is Cc1cccc(CC(CNC(=O)CCCC(=O)NC(C)C)C(=O)O)c1. The fourth-order valence-electron chi connectivity index (χ4n) is 2.50. The molecule has 0 bridgehead atoms. The van der Waals surface area contributed by atoms with Gasteiger partial charge in [-0.3, -0.25) is 14.4 Å². The second-order valence-electron chi connectivity index (χ2n) is 6.61. The van der Waals surface area contributed by atoms with Gasteiger partial charge in [-0.15, -0.1) is 0 Å². The van der Waals surface area contributed by atoms with Crippen molar-refractivity contribution in [2.24, 2.45) is 5.92 Å². The van der Waals surface area contributed by atoms with Crippen molar-refractivity contribution in [3.8, 4) is 0 Å². The number of rotatable bonds is 10. The second-order valence-corrected chi connectivity index (χ2v) is 6.61. The Morgan fingerprint density at radius 3 is 2.40 bits per heavy atom. The summed E-state index contributed by atoms with van der Waals surface area (Å²) >= 11 is 0. The van der Waals surface area contributed by atoms with Crippen LogP contribution >= 0.6 is 0 Å². The first-order chi connectivity index (χ1) is 11.8. The Kier molecular flexibility index (Phi) is 8.67. The van der Waals surface area contributed by atoms with E-state index in [9.17, 15) is 19.5 Å². The van der Waals surface area contributed by atoms with E-state index in [1.807, 2.05) is 45.0 Å². The van der Waals surface area contributed by atoms with Crippen LogP contribution in [0.3, 0.4) is 0 Å². The van der Waals surface area contributed by atoms with E-state index in [0.717, 1.165) is 11.1 Å². The van der Waals surface area contributed by atoms with Crippen LogP contribution in [-0.2, 0) is 20.8 Å². The Morgan fingerprint density at radius 2 is 1.80 bits per heavy atom. The van der Waals surface area contributed by atoms with E-state index in [2.05, 4.69) is 10.6 Å². The maximum atomic E-state index is 11.8. The summed E-state index contributed by atoms with van der Waals surface area (Å²) in [5.41, 5.74) is 2.01. The average molecular weight is 348 g/mol. The number of hydrogen-bond acceptors (Lipinski definition) is 3. The molecule has 1 unspecified atom stereocenters. The summed E-state index contributed by atoms with van der Waals surface area (Å²) in [6, 6.07) is 7.77. The van der Waals surface area contributed by atoms with Crippen molar-refractivity contribution in [2.45, 2.75) is 52.5 Å². The molecule has 1 aromatic rings. The van der Waals surface area contributed by atoms with Gasteiger partial charge in [-0.2, -0.15) is 0 Å². The zero-order valence-corrected chi connectivity index (χ0v) is 15.2. The molecule has 0 aliphatic heterocycles. The van der Waals surface area contributed by atoms with Gasteiger partial charge in [0.2, 0.25) is 11.8 Å². The smallest absolute Gasteiger partial charge is 0.308 e. The van der Waals surface area contributed by atoms with Gasteiger partial charge >= 0.3 is 5.97 Å². The molecule has 138 valence electrons. The first kappa shape index (κ1) is 20.7. The largest absolute Gasteiger partial charge is 0.481 e. The Hall–Kier alpha value is -2.37. The number of carbonyl (C=O) groups is 3. The highest BCUT2D eigenvalue weighted by atomic mass is 16.4. The minimum atomic E-state index is -0.932. The normalized spacial score (nSPS) is 11.8. The van der Waals surface area contributed by atoms with Crippen LogP contribution in [0.5, 0.6) is 0 Å². The lowest BCUT2D eigenvalue weighted by Crippen LogP contribution is -2.34. The number of nitrogens with one attached hydrogen (secondary N) is 2. The topological polar surface area (TPSA) is 95.5 Å². The van der Waals surface area contributed by atoms with Crippen molar-refractivity contribution in [3.05, 3.63) is 35.4 Å². The van der Waals surface area contributed by atoms with Gasteiger partial charge in [-0.25, -0.2) is 0 Å². The Bertz CT molecular complexity index is 599. The number of carbonyl (C=O) groups excluding carboxylic acids is 2. The number of aliphatic carboxylic acids is 1. The fourth-order valence-corrected chi connectivity index (χ4v) is 2.50. The first-order valence-electron chi connectivity index (χ1n) is 8.62. The second kappa shape index (κ2) is 10.5. The molecule has 0 saturated heterocycles. The minimum Gasteiger partial charge on any atom is -0.481 e. The standard InChI is InChI=1S/C19H28N2O4/c1-13(2)21-18(23)9-5-8-17(22)20-12-16(19(24)25)11-15-7-4-6-14(3)10-15/h4,6-7,10,13,16H,5,8-9,11-12H2,1-3H3,(H,20,22)(H,21,23)(H,24,25). The van der Waals surface area contributed by atoms with Crippen LogP contribution in [-0.4, -0.2) is 35.5 Å². The zero-order chi connectivity index (χ0) is 18.8. The van der Waals surface area contributed by atoms with Crippen molar-refractivity contribution >= 4 is 17.8 Å². The van der Waals surface area contributed by atoms with Gasteiger partial charge in [-0.1, -0.05) is 29.8 Å². The summed E-state index contributed by atoms with van der Waals surface area (Å²) in [6.07, 6.45) is 1.31. The maximum absolute atomic E-state index is 11.8. The molecule has 0 aliphatic rings. The summed E-state index contributed by atoms with van der Waals surface area (Å²) in [7, 11) is 0. The molecule has 1 rings (SSSR count). The lowest BCUT2D eigenvalue weighted by atomic mass is 9.98. The molecule has 0 spiro atoms. The van der Waals surface area contributed by atoms with Gasteiger partial charge in [0, 0.05) is 25.4 Å². The highest BCUT2D eigenvalue weighted by Gasteiger charge is 2.19. The molecule has 0 saturated carbocycles.